The van der Waals surface area contributed by atoms with Crippen molar-refractivity contribution in [3.05, 3.63) is 29.3 Å². The van der Waals surface area contributed by atoms with Crippen LogP contribution in [0.4, 0.5) is 0 Å². The van der Waals surface area contributed by atoms with Gasteiger partial charge in [-0.25, -0.2) is 0 Å². The van der Waals surface area contributed by atoms with Crippen LogP contribution >= 0.6 is 11.3 Å². The zero-order chi connectivity index (χ0) is 14.4. The van der Waals surface area contributed by atoms with Crippen molar-refractivity contribution in [2.45, 2.75) is 33.2 Å². The van der Waals surface area contributed by atoms with Crippen LogP contribution in [0.25, 0.3) is 10.2 Å². The average molecular weight is 292 g/mol. The van der Waals surface area contributed by atoms with E-state index in [-0.39, 0.29) is 0 Å². The van der Waals surface area contributed by atoms with Crippen LogP contribution in [-0.2, 0) is 4.74 Å². The van der Waals surface area contributed by atoms with Gasteiger partial charge in [0.25, 0.3) is 0 Å². The summed E-state index contributed by atoms with van der Waals surface area (Å²) in [5.74, 6) is 0.616. The third-order valence-electron chi connectivity index (χ3n) is 3.19. The van der Waals surface area contributed by atoms with Crippen molar-refractivity contribution in [3.63, 3.8) is 0 Å². The Hall–Kier alpha value is -0.970. The molecule has 0 radical (unpaired) electrons. The molecule has 0 aliphatic heterocycles. The number of rotatable bonds is 8. The molecule has 0 amide bonds. The minimum atomic E-state index is 0.332. The van der Waals surface area contributed by atoms with Gasteiger partial charge in [-0.2, -0.15) is 0 Å². The van der Waals surface area contributed by atoms with E-state index in [1.165, 1.54) is 10.3 Å². The van der Waals surface area contributed by atoms with Crippen molar-refractivity contribution in [2.75, 3.05) is 19.8 Å². The van der Waals surface area contributed by atoms with Crippen LogP contribution in [0.3, 0.4) is 0 Å². The van der Waals surface area contributed by atoms with E-state index in [2.05, 4.69) is 48.6 Å². The lowest BCUT2D eigenvalue weighted by atomic mass is 10.1. The monoisotopic (exact) mass is 292 g/mol. The fourth-order valence-corrected chi connectivity index (χ4v) is 2.82. The highest BCUT2D eigenvalue weighted by atomic mass is 32.1. The van der Waals surface area contributed by atoms with Gasteiger partial charge in [-0.3, -0.25) is 4.98 Å². The first kappa shape index (κ1) is 15.4. The van der Waals surface area contributed by atoms with Gasteiger partial charge in [0.05, 0.1) is 10.2 Å². The zero-order valence-corrected chi connectivity index (χ0v) is 13.4. The lowest BCUT2D eigenvalue weighted by Gasteiger charge is -2.14. The zero-order valence-electron chi connectivity index (χ0n) is 12.6. The molecule has 1 unspecified atom stereocenters. The predicted octanol–water partition coefficient (Wildman–Crippen LogP) is 4.01. The van der Waals surface area contributed by atoms with Crippen molar-refractivity contribution >= 4 is 21.6 Å². The lowest BCUT2D eigenvalue weighted by Crippen LogP contribution is -2.21. The van der Waals surface area contributed by atoms with Crippen molar-refractivity contribution in [3.8, 4) is 0 Å². The molecule has 2 rings (SSSR count). The summed E-state index contributed by atoms with van der Waals surface area (Å²) >= 11 is 1.75. The standard InChI is InChI=1S/C16H24N2OS/c1-12(2)11-19-7-4-6-17-13(3)14-9-16-15(18-10-14)5-8-20-16/h5,8-10,12-13,17H,4,6-7,11H2,1-3H3. The molecule has 2 aromatic rings. The third-order valence-corrected chi connectivity index (χ3v) is 4.04. The van der Waals surface area contributed by atoms with E-state index in [0.717, 1.165) is 31.7 Å². The van der Waals surface area contributed by atoms with E-state index in [4.69, 9.17) is 4.74 Å². The highest BCUT2D eigenvalue weighted by molar-refractivity contribution is 7.17. The van der Waals surface area contributed by atoms with E-state index in [1.54, 1.807) is 11.3 Å². The minimum absolute atomic E-state index is 0.332. The summed E-state index contributed by atoms with van der Waals surface area (Å²) < 4.78 is 6.84. The molecule has 0 aliphatic rings. The molecular formula is C16H24N2OS. The molecule has 3 nitrogen and oxygen atoms in total. The first-order valence-corrected chi connectivity index (χ1v) is 8.19. The maximum Gasteiger partial charge on any atom is 0.0809 e. The minimum Gasteiger partial charge on any atom is -0.381 e. The topological polar surface area (TPSA) is 34.1 Å². The quantitative estimate of drug-likeness (QED) is 0.746. The SMILES string of the molecule is CC(C)COCCCNC(C)c1cnc2ccsc2c1. The molecule has 110 valence electrons. The molecule has 2 heterocycles. The Labute approximate surface area is 125 Å². The number of ether oxygens (including phenoxy) is 1. The number of hydrogen-bond acceptors (Lipinski definition) is 4. The molecule has 2 aromatic heterocycles. The maximum absolute atomic E-state index is 5.58. The summed E-state index contributed by atoms with van der Waals surface area (Å²) in [5, 5.41) is 5.62. The van der Waals surface area contributed by atoms with E-state index in [0.29, 0.717) is 12.0 Å². The van der Waals surface area contributed by atoms with E-state index >= 15 is 0 Å². The van der Waals surface area contributed by atoms with Crippen LogP contribution in [0.1, 0.15) is 38.8 Å². The molecule has 1 atom stereocenters. The van der Waals surface area contributed by atoms with Crippen molar-refractivity contribution in [1.29, 1.82) is 0 Å². The first-order chi connectivity index (χ1) is 9.66. The van der Waals surface area contributed by atoms with Gasteiger partial charge in [-0.15, -0.1) is 11.3 Å². The van der Waals surface area contributed by atoms with Crippen LogP contribution in [0, 0.1) is 5.92 Å². The number of pyridine rings is 1. The second-order valence-corrected chi connectivity index (χ2v) is 6.52. The van der Waals surface area contributed by atoms with Gasteiger partial charge in [0, 0.05) is 25.5 Å². The Morgan fingerprint density at radius 3 is 3.00 bits per heavy atom. The smallest absolute Gasteiger partial charge is 0.0809 e. The van der Waals surface area contributed by atoms with Crippen LogP contribution < -0.4 is 5.32 Å². The number of aromatic nitrogens is 1. The molecule has 0 saturated heterocycles. The normalized spacial score (nSPS) is 13.2. The summed E-state index contributed by atoms with van der Waals surface area (Å²) in [5.41, 5.74) is 2.34. The third kappa shape index (κ3) is 4.54. The van der Waals surface area contributed by atoms with Gasteiger partial charge in [-0.05, 0) is 48.9 Å². The number of fused-ring (bicyclic) bond motifs is 1. The second-order valence-electron chi connectivity index (χ2n) is 5.57. The maximum atomic E-state index is 5.58. The molecular weight excluding hydrogens is 268 g/mol. The lowest BCUT2D eigenvalue weighted by molar-refractivity contribution is 0.107. The molecule has 0 fully saturated rings. The van der Waals surface area contributed by atoms with Crippen LogP contribution in [-0.4, -0.2) is 24.7 Å². The molecule has 0 spiro atoms. The fraction of sp³-hybridized carbons (Fsp3) is 0.562. The Balaban J connectivity index is 1.72. The van der Waals surface area contributed by atoms with E-state index < -0.39 is 0 Å². The molecule has 20 heavy (non-hydrogen) atoms. The Bertz CT molecular complexity index is 524. The summed E-state index contributed by atoms with van der Waals surface area (Å²) in [6.07, 6.45) is 3.02. The first-order valence-electron chi connectivity index (χ1n) is 7.31. The Kier molecular flexibility index (Phi) is 5.95. The largest absolute Gasteiger partial charge is 0.381 e. The van der Waals surface area contributed by atoms with Gasteiger partial charge in [0.1, 0.15) is 0 Å². The van der Waals surface area contributed by atoms with Crippen LogP contribution in [0.15, 0.2) is 23.7 Å². The fourth-order valence-electron chi connectivity index (χ4n) is 2.03. The van der Waals surface area contributed by atoms with Gasteiger partial charge < -0.3 is 10.1 Å². The van der Waals surface area contributed by atoms with E-state index in [1.807, 2.05) is 6.20 Å². The summed E-state index contributed by atoms with van der Waals surface area (Å²) in [4.78, 5) is 4.49. The summed E-state index contributed by atoms with van der Waals surface area (Å²) in [6.45, 7) is 9.20. The van der Waals surface area contributed by atoms with Crippen molar-refractivity contribution in [2.24, 2.45) is 5.92 Å². The molecule has 4 heteroatoms. The van der Waals surface area contributed by atoms with Crippen molar-refractivity contribution < 1.29 is 4.74 Å². The molecule has 0 aliphatic carbocycles. The molecule has 0 saturated carbocycles. The van der Waals surface area contributed by atoms with E-state index in [9.17, 15) is 0 Å². The highest BCUT2D eigenvalue weighted by Crippen LogP contribution is 2.22. The predicted molar refractivity (Wildman–Crippen MR) is 86.3 cm³/mol. The Morgan fingerprint density at radius 1 is 1.35 bits per heavy atom. The van der Waals surface area contributed by atoms with Gasteiger partial charge in [-0.1, -0.05) is 13.8 Å². The number of thiophene rings is 1. The molecule has 0 aromatic carbocycles. The van der Waals surface area contributed by atoms with Gasteiger partial charge in [0.2, 0.25) is 0 Å². The molecule has 1 N–H and O–H groups in total. The summed E-state index contributed by atoms with van der Waals surface area (Å²) in [7, 11) is 0. The average Bonchev–Trinajstić information content (AvgIpc) is 2.89. The second kappa shape index (κ2) is 7.72. The van der Waals surface area contributed by atoms with Crippen LogP contribution in [0.5, 0.6) is 0 Å². The van der Waals surface area contributed by atoms with Crippen LogP contribution in [0.2, 0.25) is 0 Å². The number of hydrogen-bond donors (Lipinski definition) is 1. The number of nitrogens with one attached hydrogen (secondary N) is 1. The molecule has 0 bridgehead atoms. The highest BCUT2D eigenvalue weighted by Gasteiger charge is 2.06. The van der Waals surface area contributed by atoms with Crippen molar-refractivity contribution in [1.82, 2.24) is 10.3 Å². The van der Waals surface area contributed by atoms with Gasteiger partial charge >= 0.3 is 0 Å². The Morgan fingerprint density at radius 2 is 2.20 bits per heavy atom. The van der Waals surface area contributed by atoms with Gasteiger partial charge in [0.15, 0.2) is 0 Å². The number of nitrogens with zero attached hydrogens (tertiary/aromatic N) is 1. The summed E-state index contributed by atoms with van der Waals surface area (Å²) in [6, 6.07) is 4.63.